The number of aliphatic carboxylic acids is 1. The fourth-order valence-corrected chi connectivity index (χ4v) is 2.53. The summed E-state index contributed by atoms with van der Waals surface area (Å²) < 4.78 is 25.2. The van der Waals surface area contributed by atoms with Gasteiger partial charge in [0, 0.05) is 13.0 Å². The van der Waals surface area contributed by atoms with E-state index in [1.807, 2.05) is 13.8 Å². The molecule has 0 aliphatic heterocycles. The second kappa shape index (κ2) is 7.45. The smallest absolute Gasteiger partial charge is 0.303 e. The van der Waals surface area contributed by atoms with Gasteiger partial charge in [-0.3, -0.25) is 4.79 Å². The quantitative estimate of drug-likeness (QED) is 0.613. The Labute approximate surface area is 103 Å². The molecule has 0 spiro atoms. The molecule has 0 heterocycles. The molecule has 0 aliphatic carbocycles. The van der Waals surface area contributed by atoms with Crippen molar-refractivity contribution in [3.8, 4) is 0 Å². The molecule has 0 aromatic heterocycles. The van der Waals surface area contributed by atoms with Crippen LogP contribution in [0.3, 0.4) is 0 Å². The lowest BCUT2D eigenvalue weighted by Crippen LogP contribution is -2.32. The highest BCUT2D eigenvalue weighted by molar-refractivity contribution is 7.89. The monoisotopic (exact) mass is 263 g/mol. The van der Waals surface area contributed by atoms with E-state index in [-0.39, 0.29) is 24.6 Å². The molecule has 0 aliphatic rings. The minimum absolute atomic E-state index is 0.0191. The first-order valence-corrected chi connectivity index (χ1v) is 7.22. The molecule has 0 aromatic carbocycles. The average Bonchev–Trinajstić information content (AvgIpc) is 2.12. The first-order chi connectivity index (χ1) is 7.76. The fraction of sp³-hybridized carbons (Fsp3) is 0.727. The normalized spacial score (nSPS) is 13.6. The van der Waals surface area contributed by atoms with Gasteiger partial charge in [-0.25, -0.2) is 13.1 Å². The van der Waals surface area contributed by atoms with Crippen molar-refractivity contribution < 1.29 is 18.3 Å². The van der Waals surface area contributed by atoms with Crippen molar-refractivity contribution in [2.45, 2.75) is 26.7 Å². The third-order valence-corrected chi connectivity index (χ3v) is 3.48. The maximum Gasteiger partial charge on any atom is 0.303 e. The molecule has 5 nitrogen and oxygen atoms in total. The number of carboxylic acids is 1. The fourth-order valence-electron chi connectivity index (χ4n) is 1.61. The van der Waals surface area contributed by atoms with Crippen LogP contribution in [0.15, 0.2) is 12.7 Å². The summed E-state index contributed by atoms with van der Waals surface area (Å²) in [7, 11) is -3.36. The van der Waals surface area contributed by atoms with E-state index in [2.05, 4.69) is 11.3 Å². The maximum atomic E-state index is 11.4. The molecule has 100 valence electrons. The molecule has 0 saturated carbocycles. The van der Waals surface area contributed by atoms with Crippen molar-refractivity contribution in [2.24, 2.45) is 11.8 Å². The van der Waals surface area contributed by atoms with Crippen LogP contribution in [0.5, 0.6) is 0 Å². The van der Waals surface area contributed by atoms with Crippen LogP contribution in [-0.2, 0) is 14.8 Å². The Balaban J connectivity index is 4.33. The van der Waals surface area contributed by atoms with Crippen LogP contribution in [0.1, 0.15) is 26.7 Å². The number of sulfonamides is 1. The standard InChI is InChI=1S/C11H21NO4S/c1-4-5-17(15,16)12-8-10(6-9(2)3)7-11(13)14/h4,9-10,12H,1,5-8H2,2-3H3,(H,13,14)/t10-/m0/s1. The first-order valence-electron chi connectivity index (χ1n) is 5.57. The lowest BCUT2D eigenvalue weighted by molar-refractivity contribution is -0.138. The molecule has 0 saturated heterocycles. The zero-order chi connectivity index (χ0) is 13.5. The molecule has 0 bridgehead atoms. The van der Waals surface area contributed by atoms with Crippen LogP contribution in [0.2, 0.25) is 0 Å². The molecule has 0 radical (unpaired) electrons. The van der Waals surface area contributed by atoms with E-state index in [0.29, 0.717) is 12.3 Å². The van der Waals surface area contributed by atoms with Crippen molar-refractivity contribution in [3.05, 3.63) is 12.7 Å². The van der Waals surface area contributed by atoms with Gasteiger partial charge in [-0.1, -0.05) is 19.9 Å². The molecule has 2 N–H and O–H groups in total. The highest BCUT2D eigenvalue weighted by atomic mass is 32.2. The zero-order valence-electron chi connectivity index (χ0n) is 10.3. The molecule has 6 heteroatoms. The topological polar surface area (TPSA) is 83.5 Å². The Morgan fingerprint density at radius 1 is 1.47 bits per heavy atom. The number of hydrogen-bond acceptors (Lipinski definition) is 3. The SMILES string of the molecule is C=CCS(=O)(=O)NC[C@H](CC(=O)O)CC(C)C. The van der Waals surface area contributed by atoms with Gasteiger partial charge in [-0.05, 0) is 18.3 Å². The molecule has 1 atom stereocenters. The van der Waals surface area contributed by atoms with E-state index in [9.17, 15) is 13.2 Å². The zero-order valence-corrected chi connectivity index (χ0v) is 11.2. The predicted octanol–water partition coefficient (Wildman–Crippen LogP) is 1.23. The summed E-state index contributed by atoms with van der Waals surface area (Å²) in [5.74, 6) is -0.886. The van der Waals surface area contributed by atoms with Gasteiger partial charge in [0.05, 0.1) is 5.75 Å². The number of hydrogen-bond donors (Lipinski definition) is 2. The Hall–Kier alpha value is -0.880. The van der Waals surface area contributed by atoms with Crippen LogP contribution < -0.4 is 4.72 Å². The highest BCUT2D eigenvalue weighted by Gasteiger charge is 2.17. The number of rotatable bonds is 9. The molecule has 0 rings (SSSR count). The van der Waals surface area contributed by atoms with Gasteiger partial charge in [0.1, 0.15) is 0 Å². The molecule has 0 unspecified atom stereocenters. The minimum Gasteiger partial charge on any atom is -0.481 e. The van der Waals surface area contributed by atoms with E-state index in [1.165, 1.54) is 6.08 Å². The summed E-state index contributed by atoms with van der Waals surface area (Å²) in [6.45, 7) is 7.48. The Morgan fingerprint density at radius 3 is 2.47 bits per heavy atom. The van der Waals surface area contributed by atoms with Gasteiger partial charge in [0.15, 0.2) is 0 Å². The highest BCUT2D eigenvalue weighted by Crippen LogP contribution is 2.15. The lowest BCUT2D eigenvalue weighted by atomic mass is 9.94. The van der Waals surface area contributed by atoms with Crippen molar-refractivity contribution >= 4 is 16.0 Å². The third kappa shape index (κ3) is 8.88. The van der Waals surface area contributed by atoms with Gasteiger partial charge in [0.2, 0.25) is 10.0 Å². The average molecular weight is 263 g/mol. The van der Waals surface area contributed by atoms with Crippen LogP contribution >= 0.6 is 0 Å². The molecule has 0 fully saturated rings. The second-order valence-corrected chi connectivity index (χ2v) is 6.36. The summed E-state index contributed by atoms with van der Waals surface area (Å²) >= 11 is 0. The van der Waals surface area contributed by atoms with Gasteiger partial charge in [0.25, 0.3) is 0 Å². The molecular formula is C11H21NO4S. The largest absolute Gasteiger partial charge is 0.481 e. The van der Waals surface area contributed by atoms with Gasteiger partial charge >= 0.3 is 5.97 Å². The Kier molecular flexibility index (Phi) is 7.06. The first kappa shape index (κ1) is 16.1. The maximum absolute atomic E-state index is 11.4. The molecular weight excluding hydrogens is 242 g/mol. The second-order valence-electron chi connectivity index (χ2n) is 4.51. The van der Waals surface area contributed by atoms with Crippen molar-refractivity contribution in [3.63, 3.8) is 0 Å². The van der Waals surface area contributed by atoms with Crippen LogP contribution in [0.4, 0.5) is 0 Å². The van der Waals surface area contributed by atoms with Crippen LogP contribution in [0, 0.1) is 11.8 Å². The van der Waals surface area contributed by atoms with Crippen molar-refractivity contribution in [2.75, 3.05) is 12.3 Å². The van der Waals surface area contributed by atoms with Gasteiger partial charge in [-0.2, -0.15) is 0 Å². The number of carboxylic acid groups (broad SMARTS) is 1. The minimum atomic E-state index is -3.36. The summed E-state index contributed by atoms with van der Waals surface area (Å²) in [5, 5.41) is 8.74. The van der Waals surface area contributed by atoms with E-state index in [0.717, 1.165) is 0 Å². The van der Waals surface area contributed by atoms with Crippen molar-refractivity contribution in [1.82, 2.24) is 4.72 Å². The van der Waals surface area contributed by atoms with Crippen LogP contribution in [-0.4, -0.2) is 31.8 Å². The van der Waals surface area contributed by atoms with E-state index < -0.39 is 16.0 Å². The Bertz CT molecular complexity index is 348. The van der Waals surface area contributed by atoms with Crippen LogP contribution in [0.25, 0.3) is 0 Å². The van der Waals surface area contributed by atoms with E-state index in [1.54, 1.807) is 0 Å². The van der Waals surface area contributed by atoms with E-state index >= 15 is 0 Å². The van der Waals surface area contributed by atoms with Gasteiger partial charge < -0.3 is 5.11 Å². The number of nitrogens with one attached hydrogen (secondary N) is 1. The summed E-state index contributed by atoms with van der Waals surface area (Å²) in [6.07, 6.45) is 1.97. The third-order valence-electron chi connectivity index (χ3n) is 2.20. The molecule has 0 aromatic rings. The summed E-state index contributed by atoms with van der Waals surface area (Å²) in [5.41, 5.74) is 0. The van der Waals surface area contributed by atoms with Gasteiger partial charge in [-0.15, -0.1) is 6.58 Å². The predicted molar refractivity (Wildman–Crippen MR) is 67.2 cm³/mol. The van der Waals surface area contributed by atoms with Crippen molar-refractivity contribution in [1.29, 1.82) is 0 Å². The molecule has 17 heavy (non-hydrogen) atoms. The van der Waals surface area contributed by atoms with E-state index in [4.69, 9.17) is 5.11 Å². The summed E-state index contributed by atoms with van der Waals surface area (Å²) in [4.78, 5) is 10.6. The molecule has 0 amide bonds. The Morgan fingerprint density at radius 2 is 2.06 bits per heavy atom. The number of carbonyl (C=O) groups is 1. The summed E-state index contributed by atoms with van der Waals surface area (Å²) in [6, 6.07) is 0. The lowest BCUT2D eigenvalue weighted by Gasteiger charge is -2.17.